The van der Waals surface area contributed by atoms with E-state index in [1.54, 1.807) is 0 Å². The molecule has 3 atom stereocenters. The molecule has 0 amide bonds. The van der Waals surface area contributed by atoms with Crippen LogP contribution in [0.4, 0.5) is 0 Å². The summed E-state index contributed by atoms with van der Waals surface area (Å²) >= 11 is 0. The van der Waals surface area contributed by atoms with E-state index in [9.17, 15) is 4.79 Å². The molecule has 0 bridgehead atoms. The fraction of sp³-hybridized carbons (Fsp3) is 0.900. The van der Waals surface area contributed by atoms with Gasteiger partial charge in [-0.05, 0) is 38.0 Å². The Bertz CT molecular complexity index is 236. The van der Waals surface area contributed by atoms with Crippen molar-refractivity contribution in [2.24, 2.45) is 11.8 Å². The highest BCUT2D eigenvalue weighted by Gasteiger charge is 2.59. The molecule has 0 radical (unpaired) electrons. The number of rotatable bonds is 0. The molecule has 0 aromatic rings. The maximum atomic E-state index is 11.2. The third-order valence-electron chi connectivity index (χ3n) is 4.08. The van der Waals surface area contributed by atoms with Crippen LogP contribution in [0.5, 0.6) is 0 Å². The summed E-state index contributed by atoms with van der Waals surface area (Å²) in [5, 5.41) is 0. The minimum Gasteiger partial charge on any atom is -0.458 e. The Kier molecular flexibility index (Phi) is 1.18. The van der Waals surface area contributed by atoms with Gasteiger partial charge in [0.1, 0.15) is 5.60 Å². The first-order chi connectivity index (χ1) is 5.81. The van der Waals surface area contributed by atoms with Crippen LogP contribution in [0.3, 0.4) is 0 Å². The summed E-state index contributed by atoms with van der Waals surface area (Å²) in [5.74, 6) is 1.36. The highest BCUT2D eigenvalue weighted by Crippen LogP contribution is 2.57. The zero-order valence-electron chi connectivity index (χ0n) is 7.21. The van der Waals surface area contributed by atoms with E-state index < -0.39 is 0 Å². The fourth-order valence-corrected chi connectivity index (χ4v) is 3.59. The van der Waals surface area contributed by atoms with E-state index in [1.807, 2.05) is 0 Å². The van der Waals surface area contributed by atoms with Gasteiger partial charge in [-0.1, -0.05) is 0 Å². The van der Waals surface area contributed by atoms with Gasteiger partial charge in [-0.15, -0.1) is 0 Å². The largest absolute Gasteiger partial charge is 0.458 e. The second-order valence-electron chi connectivity index (χ2n) is 4.50. The van der Waals surface area contributed by atoms with Gasteiger partial charge in [0.15, 0.2) is 0 Å². The number of esters is 1. The molecular formula is C10H14O2. The quantitative estimate of drug-likeness (QED) is 0.513. The van der Waals surface area contributed by atoms with Crippen molar-refractivity contribution in [2.75, 3.05) is 0 Å². The molecular weight excluding hydrogens is 152 g/mol. The van der Waals surface area contributed by atoms with Gasteiger partial charge in [-0.25, -0.2) is 0 Å². The molecule has 1 aliphatic heterocycles. The SMILES string of the molecule is O=C1CC2CCC3CCCC32O1. The van der Waals surface area contributed by atoms with E-state index in [0.29, 0.717) is 18.3 Å². The molecule has 0 aromatic heterocycles. The maximum Gasteiger partial charge on any atom is 0.306 e. The molecule has 3 fully saturated rings. The first-order valence-corrected chi connectivity index (χ1v) is 5.03. The molecule has 66 valence electrons. The third-order valence-corrected chi connectivity index (χ3v) is 4.08. The standard InChI is InChI=1S/C10H14O2/c11-9-6-8-4-3-7-2-1-5-10(7,8)12-9/h7-8H,1-6H2. The molecule has 2 nitrogen and oxygen atoms in total. The summed E-state index contributed by atoms with van der Waals surface area (Å²) in [6, 6.07) is 0. The van der Waals surface area contributed by atoms with Crippen molar-refractivity contribution in [1.82, 2.24) is 0 Å². The molecule has 1 heterocycles. The summed E-state index contributed by atoms with van der Waals surface area (Å²) in [5.41, 5.74) is 0.0388. The normalized spacial score (nSPS) is 50.5. The molecule has 0 N–H and O–H groups in total. The molecule has 2 saturated carbocycles. The number of carbonyl (C=O) groups excluding carboxylic acids is 1. The monoisotopic (exact) mass is 166 g/mol. The second-order valence-corrected chi connectivity index (χ2v) is 4.50. The van der Waals surface area contributed by atoms with Gasteiger partial charge in [0, 0.05) is 5.92 Å². The lowest BCUT2D eigenvalue weighted by molar-refractivity contribution is -0.150. The van der Waals surface area contributed by atoms with Crippen molar-refractivity contribution in [2.45, 2.75) is 44.1 Å². The molecule has 1 spiro atoms. The number of hydrogen-bond donors (Lipinski definition) is 0. The van der Waals surface area contributed by atoms with Gasteiger partial charge >= 0.3 is 5.97 Å². The second kappa shape index (κ2) is 2.04. The molecule has 12 heavy (non-hydrogen) atoms. The van der Waals surface area contributed by atoms with Crippen molar-refractivity contribution < 1.29 is 9.53 Å². The molecule has 3 aliphatic rings. The third kappa shape index (κ3) is 0.644. The minimum atomic E-state index is 0.0388. The predicted octanol–water partition coefficient (Wildman–Crippen LogP) is 1.88. The topological polar surface area (TPSA) is 26.3 Å². The van der Waals surface area contributed by atoms with Crippen LogP contribution in [0.25, 0.3) is 0 Å². The zero-order valence-corrected chi connectivity index (χ0v) is 7.21. The molecule has 3 unspecified atom stereocenters. The van der Waals surface area contributed by atoms with E-state index in [2.05, 4.69) is 0 Å². The summed E-state index contributed by atoms with van der Waals surface area (Å²) in [7, 11) is 0. The van der Waals surface area contributed by atoms with E-state index >= 15 is 0 Å². The van der Waals surface area contributed by atoms with Crippen LogP contribution in [-0.2, 0) is 9.53 Å². The number of carbonyl (C=O) groups is 1. The van der Waals surface area contributed by atoms with Crippen LogP contribution in [-0.4, -0.2) is 11.6 Å². The molecule has 0 aromatic carbocycles. The Labute approximate surface area is 72.3 Å². The molecule has 2 aliphatic carbocycles. The van der Waals surface area contributed by atoms with E-state index in [4.69, 9.17) is 4.74 Å². The van der Waals surface area contributed by atoms with Crippen molar-refractivity contribution in [3.05, 3.63) is 0 Å². The van der Waals surface area contributed by atoms with Gasteiger partial charge in [0.25, 0.3) is 0 Å². The molecule has 1 saturated heterocycles. The van der Waals surface area contributed by atoms with Crippen molar-refractivity contribution in [3.8, 4) is 0 Å². The first-order valence-electron chi connectivity index (χ1n) is 5.03. The van der Waals surface area contributed by atoms with Gasteiger partial charge in [-0.3, -0.25) is 4.79 Å². The average molecular weight is 166 g/mol. The van der Waals surface area contributed by atoms with Crippen LogP contribution in [0.2, 0.25) is 0 Å². The lowest BCUT2D eigenvalue weighted by atomic mass is 9.87. The smallest absolute Gasteiger partial charge is 0.306 e. The molecule has 3 rings (SSSR count). The van der Waals surface area contributed by atoms with Crippen LogP contribution in [0.1, 0.15) is 38.5 Å². The van der Waals surface area contributed by atoms with Crippen LogP contribution >= 0.6 is 0 Å². The average Bonchev–Trinajstić information content (AvgIpc) is 2.57. The van der Waals surface area contributed by atoms with Gasteiger partial charge in [0.2, 0.25) is 0 Å². The summed E-state index contributed by atoms with van der Waals surface area (Å²) in [4.78, 5) is 11.2. The van der Waals surface area contributed by atoms with Gasteiger partial charge in [-0.2, -0.15) is 0 Å². The first kappa shape index (κ1) is 6.93. The maximum absolute atomic E-state index is 11.2. The van der Waals surface area contributed by atoms with Crippen LogP contribution < -0.4 is 0 Å². The van der Waals surface area contributed by atoms with Crippen LogP contribution in [0, 0.1) is 11.8 Å². The Morgan fingerprint density at radius 3 is 3.00 bits per heavy atom. The van der Waals surface area contributed by atoms with E-state index in [-0.39, 0.29) is 11.6 Å². The fourth-order valence-electron chi connectivity index (χ4n) is 3.59. The van der Waals surface area contributed by atoms with Gasteiger partial charge in [0.05, 0.1) is 6.42 Å². The minimum absolute atomic E-state index is 0.0388. The highest BCUT2D eigenvalue weighted by atomic mass is 16.6. The van der Waals surface area contributed by atoms with Gasteiger partial charge < -0.3 is 4.74 Å². The Balaban J connectivity index is 1.99. The zero-order chi connectivity index (χ0) is 8.18. The van der Waals surface area contributed by atoms with Crippen LogP contribution in [0.15, 0.2) is 0 Å². The van der Waals surface area contributed by atoms with E-state index in [1.165, 1.54) is 25.7 Å². The van der Waals surface area contributed by atoms with Crippen molar-refractivity contribution in [3.63, 3.8) is 0 Å². The lowest BCUT2D eigenvalue weighted by Gasteiger charge is -2.27. The summed E-state index contributed by atoms with van der Waals surface area (Å²) in [6.45, 7) is 0. The van der Waals surface area contributed by atoms with E-state index in [0.717, 1.165) is 6.42 Å². The molecule has 2 heteroatoms. The summed E-state index contributed by atoms with van der Waals surface area (Å²) in [6.07, 6.45) is 6.96. The highest BCUT2D eigenvalue weighted by molar-refractivity contribution is 5.73. The van der Waals surface area contributed by atoms with Crippen molar-refractivity contribution >= 4 is 5.97 Å². The predicted molar refractivity (Wildman–Crippen MR) is 43.5 cm³/mol. The number of hydrogen-bond acceptors (Lipinski definition) is 2. The Morgan fingerprint density at radius 2 is 2.08 bits per heavy atom. The Hall–Kier alpha value is -0.530. The summed E-state index contributed by atoms with van der Waals surface area (Å²) < 4.78 is 5.56. The Morgan fingerprint density at radius 1 is 1.25 bits per heavy atom. The lowest BCUT2D eigenvalue weighted by Crippen LogP contribution is -2.33. The van der Waals surface area contributed by atoms with Crippen molar-refractivity contribution in [1.29, 1.82) is 0 Å². The number of ether oxygens (including phenoxy) is 1.